The van der Waals surface area contributed by atoms with E-state index in [1.807, 2.05) is 55.1 Å². The molecule has 26 heavy (non-hydrogen) atoms. The number of piperidine rings is 1. The van der Waals surface area contributed by atoms with E-state index in [-0.39, 0.29) is 5.78 Å². The first-order valence-corrected chi connectivity index (χ1v) is 8.75. The zero-order valence-electron chi connectivity index (χ0n) is 14.5. The van der Waals surface area contributed by atoms with E-state index in [0.29, 0.717) is 13.1 Å². The molecule has 1 aliphatic heterocycles. The fraction of sp³-hybridized carbons (Fsp3) is 0.136. The first-order valence-electron chi connectivity index (χ1n) is 8.75. The fourth-order valence-corrected chi connectivity index (χ4v) is 3.32. The normalized spacial score (nSPS) is 18.7. The molecule has 3 aromatic rings. The molecule has 130 valence electrons. The van der Waals surface area contributed by atoms with Gasteiger partial charge in [0.25, 0.3) is 0 Å². The Kier molecular flexibility index (Phi) is 4.67. The SMILES string of the molecule is O=C1/C(=C/c2cc[nH]c2)CN(Cc2ccccc2)C/C1=C\c1cc[nH]c1. The van der Waals surface area contributed by atoms with Crippen LogP contribution in [0.1, 0.15) is 16.7 Å². The quantitative estimate of drug-likeness (QED) is 0.706. The van der Waals surface area contributed by atoms with Gasteiger partial charge in [0.15, 0.2) is 5.78 Å². The largest absolute Gasteiger partial charge is 0.367 e. The highest BCUT2D eigenvalue weighted by molar-refractivity contribution is 6.14. The molecule has 3 heterocycles. The number of Topliss-reactive ketones (excluding diaryl/α,β-unsaturated/α-hetero) is 1. The van der Waals surface area contributed by atoms with Crippen molar-refractivity contribution in [3.63, 3.8) is 0 Å². The maximum Gasteiger partial charge on any atom is 0.187 e. The number of H-pyrrole nitrogens is 2. The van der Waals surface area contributed by atoms with Gasteiger partial charge in [-0.15, -0.1) is 0 Å². The highest BCUT2D eigenvalue weighted by Gasteiger charge is 2.26. The maximum atomic E-state index is 13.0. The number of likely N-dealkylation sites (tertiary alicyclic amines) is 1. The van der Waals surface area contributed by atoms with Crippen LogP contribution in [0.2, 0.25) is 0 Å². The van der Waals surface area contributed by atoms with Crippen LogP contribution in [0.5, 0.6) is 0 Å². The molecule has 4 nitrogen and oxygen atoms in total. The lowest BCUT2D eigenvalue weighted by Gasteiger charge is -2.29. The van der Waals surface area contributed by atoms with Crippen LogP contribution in [-0.2, 0) is 11.3 Å². The van der Waals surface area contributed by atoms with Gasteiger partial charge in [-0.2, -0.15) is 0 Å². The second kappa shape index (κ2) is 7.42. The number of rotatable bonds is 4. The Morgan fingerprint density at radius 1 is 0.846 bits per heavy atom. The van der Waals surface area contributed by atoms with Crippen LogP contribution >= 0.6 is 0 Å². The number of aromatic nitrogens is 2. The lowest BCUT2D eigenvalue weighted by Crippen LogP contribution is -2.37. The van der Waals surface area contributed by atoms with E-state index in [1.54, 1.807) is 0 Å². The van der Waals surface area contributed by atoms with Crippen LogP contribution in [-0.4, -0.2) is 33.7 Å². The first kappa shape index (κ1) is 16.4. The highest BCUT2D eigenvalue weighted by atomic mass is 16.1. The summed E-state index contributed by atoms with van der Waals surface area (Å²) in [5.74, 6) is 0.136. The predicted molar refractivity (Wildman–Crippen MR) is 104 cm³/mol. The summed E-state index contributed by atoms with van der Waals surface area (Å²) in [6, 6.07) is 14.3. The number of ketones is 1. The average molecular weight is 343 g/mol. The Morgan fingerprint density at radius 2 is 1.42 bits per heavy atom. The summed E-state index contributed by atoms with van der Waals surface area (Å²) in [6.07, 6.45) is 11.5. The molecule has 1 fully saturated rings. The molecule has 0 aliphatic carbocycles. The summed E-state index contributed by atoms with van der Waals surface area (Å²) in [5.41, 5.74) is 4.96. The van der Waals surface area contributed by atoms with Crippen molar-refractivity contribution in [3.8, 4) is 0 Å². The molecule has 1 aromatic carbocycles. The summed E-state index contributed by atoms with van der Waals surface area (Å²) < 4.78 is 0. The van der Waals surface area contributed by atoms with Crippen molar-refractivity contribution in [2.24, 2.45) is 0 Å². The van der Waals surface area contributed by atoms with Crippen LogP contribution in [0.25, 0.3) is 12.2 Å². The van der Waals surface area contributed by atoms with Crippen molar-refractivity contribution in [1.29, 1.82) is 0 Å². The maximum absolute atomic E-state index is 13.0. The van der Waals surface area contributed by atoms with E-state index in [9.17, 15) is 4.79 Å². The number of nitrogens with one attached hydrogen (secondary N) is 2. The van der Waals surface area contributed by atoms with Gasteiger partial charge in [-0.1, -0.05) is 30.3 Å². The van der Waals surface area contributed by atoms with Gasteiger partial charge in [0.2, 0.25) is 0 Å². The summed E-state index contributed by atoms with van der Waals surface area (Å²) in [6.45, 7) is 2.13. The minimum atomic E-state index is 0.136. The highest BCUT2D eigenvalue weighted by Crippen LogP contribution is 2.23. The van der Waals surface area contributed by atoms with E-state index in [2.05, 4.69) is 39.1 Å². The molecule has 0 spiro atoms. The van der Waals surface area contributed by atoms with Crippen molar-refractivity contribution in [3.05, 3.63) is 95.1 Å². The van der Waals surface area contributed by atoms with Crippen LogP contribution in [0, 0.1) is 0 Å². The van der Waals surface area contributed by atoms with Crippen LogP contribution in [0.3, 0.4) is 0 Å². The molecule has 4 heteroatoms. The molecule has 1 saturated heterocycles. The number of carbonyl (C=O) groups is 1. The smallest absolute Gasteiger partial charge is 0.187 e. The van der Waals surface area contributed by atoms with Crippen LogP contribution < -0.4 is 0 Å². The number of aromatic amines is 2. The number of hydrogen-bond acceptors (Lipinski definition) is 2. The molecule has 2 aromatic heterocycles. The summed E-state index contributed by atoms with van der Waals surface area (Å²) in [4.78, 5) is 21.4. The van der Waals surface area contributed by atoms with Gasteiger partial charge in [-0.05, 0) is 41.0 Å². The Morgan fingerprint density at radius 3 is 1.92 bits per heavy atom. The summed E-state index contributed by atoms with van der Waals surface area (Å²) >= 11 is 0. The lowest BCUT2D eigenvalue weighted by atomic mass is 9.94. The Labute approximate surface area is 152 Å². The molecular weight excluding hydrogens is 322 g/mol. The molecule has 0 radical (unpaired) electrons. The molecule has 0 amide bonds. The number of nitrogens with zero attached hydrogens (tertiary/aromatic N) is 1. The molecule has 1 aliphatic rings. The van der Waals surface area contributed by atoms with Gasteiger partial charge in [-0.3, -0.25) is 9.69 Å². The molecule has 0 unspecified atom stereocenters. The van der Waals surface area contributed by atoms with Crippen LogP contribution in [0.4, 0.5) is 0 Å². The van der Waals surface area contributed by atoms with Crippen LogP contribution in [0.15, 0.2) is 78.4 Å². The first-order chi connectivity index (χ1) is 12.8. The van der Waals surface area contributed by atoms with Gasteiger partial charge in [0.05, 0.1) is 0 Å². The number of hydrogen-bond donors (Lipinski definition) is 2. The third kappa shape index (κ3) is 3.76. The van der Waals surface area contributed by atoms with E-state index in [1.165, 1.54) is 5.56 Å². The van der Waals surface area contributed by atoms with Gasteiger partial charge < -0.3 is 9.97 Å². The second-order valence-corrected chi connectivity index (χ2v) is 6.59. The van der Waals surface area contributed by atoms with Gasteiger partial charge >= 0.3 is 0 Å². The van der Waals surface area contributed by atoms with Crippen molar-refractivity contribution >= 4 is 17.9 Å². The van der Waals surface area contributed by atoms with Crippen molar-refractivity contribution in [1.82, 2.24) is 14.9 Å². The minimum Gasteiger partial charge on any atom is -0.367 e. The van der Waals surface area contributed by atoms with Crippen molar-refractivity contribution in [2.45, 2.75) is 6.54 Å². The van der Waals surface area contributed by atoms with Gasteiger partial charge in [-0.25, -0.2) is 0 Å². The average Bonchev–Trinajstić information content (AvgIpc) is 3.34. The summed E-state index contributed by atoms with van der Waals surface area (Å²) in [7, 11) is 0. The molecule has 0 atom stereocenters. The van der Waals surface area contributed by atoms with E-state index >= 15 is 0 Å². The zero-order chi connectivity index (χ0) is 17.8. The molecule has 2 N–H and O–H groups in total. The number of carbonyl (C=O) groups excluding carboxylic acids is 1. The molecule has 0 saturated carbocycles. The molecule has 0 bridgehead atoms. The lowest BCUT2D eigenvalue weighted by molar-refractivity contribution is -0.113. The monoisotopic (exact) mass is 343 g/mol. The zero-order valence-corrected chi connectivity index (χ0v) is 14.5. The second-order valence-electron chi connectivity index (χ2n) is 6.59. The molecule has 4 rings (SSSR count). The van der Waals surface area contributed by atoms with E-state index in [4.69, 9.17) is 0 Å². The number of benzene rings is 1. The van der Waals surface area contributed by atoms with E-state index in [0.717, 1.165) is 28.8 Å². The standard InChI is InChI=1S/C22H21N3O/c26-22-20(10-18-6-8-23-12-18)15-25(14-17-4-2-1-3-5-17)16-21(22)11-19-7-9-24-13-19/h1-13,23-24H,14-16H2/b20-10+,21-11+. The van der Waals surface area contributed by atoms with Gasteiger partial charge in [0, 0.05) is 55.6 Å². The third-order valence-electron chi connectivity index (χ3n) is 4.55. The fourth-order valence-electron chi connectivity index (χ4n) is 3.32. The van der Waals surface area contributed by atoms with Gasteiger partial charge in [0.1, 0.15) is 0 Å². The summed E-state index contributed by atoms with van der Waals surface area (Å²) in [5, 5.41) is 0. The Bertz CT molecular complexity index is 863. The van der Waals surface area contributed by atoms with Crippen molar-refractivity contribution in [2.75, 3.05) is 13.1 Å². The van der Waals surface area contributed by atoms with Crippen molar-refractivity contribution < 1.29 is 4.79 Å². The Balaban J connectivity index is 1.64. The minimum absolute atomic E-state index is 0.136. The topological polar surface area (TPSA) is 51.9 Å². The predicted octanol–water partition coefficient (Wildman–Crippen LogP) is 3.89. The third-order valence-corrected chi connectivity index (χ3v) is 4.55. The molecular formula is C22H21N3O. The van der Waals surface area contributed by atoms with E-state index < -0.39 is 0 Å². The Hall–Kier alpha value is -3.11.